The lowest BCUT2D eigenvalue weighted by Crippen LogP contribution is -2.48. The van der Waals surface area contributed by atoms with Gasteiger partial charge in [0.15, 0.2) is 0 Å². The number of hydrogen-bond acceptors (Lipinski definition) is 4. The zero-order valence-corrected chi connectivity index (χ0v) is 18.4. The second-order valence-corrected chi connectivity index (χ2v) is 9.12. The van der Waals surface area contributed by atoms with Crippen LogP contribution in [0, 0.1) is 5.92 Å². The third-order valence-electron chi connectivity index (χ3n) is 6.41. The highest BCUT2D eigenvalue weighted by Crippen LogP contribution is 2.44. The van der Waals surface area contributed by atoms with Crippen molar-refractivity contribution in [2.24, 2.45) is 5.92 Å². The summed E-state index contributed by atoms with van der Waals surface area (Å²) in [5.74, 6) is 0.461. The number of fused-ring (bicyclic) bond motifs is 3. The molecule has 166 valence electrons. The normalized spacial score (nSPS) is 21.4. The van der Waals surface area contributed by atoms with E-state index in [1.54, 1.807) is 0 Å². The number of alkyl carbamates (subject to hydrolysis) is 1. The number of carbonyl (C=O) groups is 1. The van der Waals surface area contributed by atoms with Crippen molar-refractivity contribution < 1.29 is 19.4 Å². The van der Waals surface area contributed by atoms with Crippen LogP contribution in [0.2, 0.25) is 0 Å². The van der Waals surface area contributed by atoms with Gasteiger partial charge in [-0.1, -0.05) is 62.4 Å². The highest BCUT2D eigenvalue weighted by atomic mass is 16.6. The van der Waals surface area contributed by atoms with E-state index in [1.165, 1.54) is 22.3 Å². The summed E-state index contributed by atoms with van der Waals surface area (Å²) in [4.78, 5) is 12.8. The Morgan fingerprint density at radius 3 is 2.35 bits per heavy atom. The lowest BCUT2D eigenvalue weighted by atomic mass is 9.93. The summed E-state index contributed by atoms with van der Waals surface area (Å²) in [5, 5.41) is 12.5. The molecule has 0 unspecified atom stereocenters. The molecule has 1 amide bonds. The van der Waals surface area contributed by atoms with Gasteiger partial charge in [-0.2, -0.15) is 0 Å². The minimum Gasteiger partial charge on any atom is -0.449 e. The van der Waals surface area contributed by atoms with Crippen molar-refractivity contribution in [3.05, 3.63) is 59.7 Å². The standard InChI is InChI=1S/C26H33NO4/c1-17(2)14-24(25-13-7-8-18(15-28)31-25)27-26(29)30-16-23-21-11-5-3-9-19(21)20-10-4-6-12-22(20)23/h3-6,9-12,17-18,23-25,28H,7-8,13-16H2,1-2H3,(H,27,29)/t18-,24+,25+/m1/s1. The number of nitrogens with one attached hydrogen (secondary N) is 1. The Labute approximate surface area is 184 Å². The van der Waals surface area contributed by atoms with E-state index in [0.29, 0.717) is 12.5 Å². The molecule has 1 aliphatic heterocycles. The van der Waals surface area contributed by atoms with E-state index in [2.05, 4.69) is 43.4 Å². The summed E-state index contributed by atoms with van der Waals surface area (Å²) in [6.07, 6.45) is 2.93. The molecule has 1 aliphatic carbocycles. The van der Waals surface area contributed by atoms with Crippen LogP contribution in [-0.2, 0) is 9.47 Å². The largest absolute Gasteiger partial charge is 0.449 e. The molecule has 4 rings (SSSR count). The molecule has 0 spiro atoms. The van der Waals surface area contributed by atoms with E-state index >= 15 is 0 Å². The molecule has 0 saturated carbocycles. The second-order valence-electron chi connectivity index (χ2n) is 9.12. The molecule has 1 heterocycles. The zero-order valence-electron chi connectivity index (χ0n) is 18.4. The first kappa shape index (κ1) is 21.8. The summed E-state index contributed by atoms with van der Waals surface area (Å²) < 4.78 is 11.8. The molecule has 1 fully saturated rings. The first-order valence-electron chi connectivity index (χ1n) is 11.4. The van der Waals surface area contributed by atoms with E-state index in [-0.39, 0.29) is 30.8 Å². The third kappa shape index (κ3) is 4.94. The van der Waals surface area contributed by atoms with E-state index in [1.807, 2.05) is 24.3 Å². The summed E-state index contributed by atoms with van der Waals surface area (Å²) in [7, 11) is 0. The van der Waals surface area contributed by atoms with Gasteiger partial charge in [0.1, 0.15) is 6.61 Å². The second kappa shape index (κ2) is 9.84. The van der Waals surface area contributed by atoms with Crippen LogP contribution in [0.4, 0.5) is 4.79 Å². The summed E-state index contributed by atoms with van der Waals surface area (Å²) in [6.45, 7) is 4.60. The van der Waals surface area contributed by atoms with Crippen LogP contribution < -0.4 is 5.32 Å². The molecule has 5 nitrogen and oxygen atoms in total. The Hall–Kier alpha value is -2.37. The van der Waals surface area contributed by atoms with Crippen molar-refractivity contribution in [3.8, 4) is 11.1 Å². The van der Waals surface area contributed by atoms with Crippen LogP contribution >= 0.6 is 0 Å². The molecule has 0 aromatic heterocycles. The minimum absolute atomic E-state index is 0.0237. The van der Waals surface area contributed by atoms with Gasteiger partial charge >= 0.3 is 6.09 Å². The Balaban J connectivity index is 1.42. The topological polar surface area (TPSA) is 67.8 Å². The number of aliphatic hydroxyl groups is 1. The SMILES string of the molecule is CC(C)C[C@H](NC(=O)OCC1c2ccccc2-c2ccccc21)[C@@H]1CCC[C@H](CO)O1. The molecule has 3 atom stereocenters. The van der Waals surface area contributed by atoms with E-state index in [0.717, 1.165) is 25.7 Å². The summed E-state index contributed by atoms with van der Waals surface area (Å²) >= 11 is 0. The van der Waals surface area contributed by atoms with Gasteiger partial charge < -0.3 is 19.9 Å². The summed E-state index contributed by atoms with van der Waals surface area (Å²) in [5.41, 5.74) is 4.85. The van der Waals surface area contributed by atoms with Crippen LogP contribution in [0.15, 0.2) is 48.5 Å². The highest BCUT2D eigenvalue weighted by molar-refractivity contribution is 5.79. The molecule has 2 aromatic carbocycles. The van der Waals surface area contributed by atoms with Crippen molar-refractivity contribution in [2.45, 2.75) is 63.7 Å². The van der Waals surface area contributed by atoms with Crippen molar-refractivity contribution in [3.63, 3.8) is 0 Å². The quantitative estimate of drug-likeness (QED) is 0.667. The minimum atomic E-state index is -0.401. The van der Waals surface area contributed by atoms with Crippen LogP contribution in [0.1, 0.15) is 56.6 Å². The maximum absolute atomic E-state index is 12.8. The van der Waals surface area contributed by atoms with Gasteiger partial charge in [0.25, 0.3) is 0 Å². The fraction of sp³-hybridized carbons (Fsp3) is 0.500. The predicted molar refractivity (Wildman–Crippen MR) is 121 cm³/mol. The number of rotatable bonds is 7. The molecule has 2 N–H and O–H groups in total. The molecule has 5 heteroatoms. The number of ether oxygens (including phenoxy) is 2. The Morgan fingerprint density at radius 1 is 1.10 bits per heavy atom. The number of benzene rings is 2. The number of carbonyl (C=O) groups excluding carboxylic acids is 1. The van der Waals surface area contributed by atoms with Gasteiger partial charge in [-0.15, -0.1) is 0 Å². The monoisotopic (exact) mass is 423 g/mol. The van der Waals surface area contributed by atoms with Crippen molar-refractivity contribution in [1.82, 2.24) is 5.32 Å². The molecular formula is C26H33NO4. The highest BCUT2D eigenvalue weighted by Gasteiger charge is 2.32. The molecule has 0 radical (unpaired) electrons. The lowest BCUT2D eigenvalue weighted by Gasteiger charge is -2.35. The Kier molecular flexibility index (Phi) is 6.93. The number of aliphatic hydroxyl groups excluding tert-OH is 1. The number of amides is 1. The van der Waals surface area contributed by atoms with Crippen molar-refractivity contribution in [1.29, 1.82) is 0 Å². The smallest absolute Gasteiger partial charge is 0.407 e. The molecule has 2 aliphatic rings. The molecular weight excluding hydrogens is 390 g/mol. The van der Waals surface area contributed by atoms with Gasteiger partial charge in [0.05, 0.1) is 24.9 Å². The number of hydrogen-bond donors (Lipinski definition) is 2. The van der Waals surface area contributed by atoms with Crippen molar-refractivity contribution in [2.75, 3.05) is 13.2 Å². The summed E-state index contributed by atoms with van der Waals surface area (Å²) in [6, 6.07) is 16.5. The van der Waals surface area contributed by atoms with E-state index < -0.39 is 6.09 Å². The lowest BCUT2D eigenvalue weighted by molar-refractivity contribution is -0.0873. The molecule has 1 saturated heterocycles. The maximum Gasteiger partial charge on any atom is 0.407 e. The van der Waals surface area contributed by atoms with Crippen LogP contribution in [0.5, 0.6) is 0 Å². The van der Waals surface area contributed by atoms with Crippen LogP contribution in [0.3, 0.4) is 0 Å². The Morgan fingerprint density at radius 2 is 1.74 bits per heavy atom. The Bertz CT molecular complexity index is 851. The van der Waals surface area contributed by atoms with Gasteiger partial charge in [-0.25, -0.2) is 4.79 Å². The van der Waals surface area contributed by atoms with Gasteiger partial charge in [0, 0.05) is 5.92 Å². The van der Waals surface area contributed by atoms with Crippen molar-refractivity contribution >= 4 is 6.09 Å². The zero-order chi connectivity index (χ0) is 21.8. The molecule has 0 bridgehead atoms. The van der Waals surface area contributed by atoms with E-state index in [9.17, 15) is 9.90 Å². The van der Waals surface area contributed by atoms with Gasteiger partial charge in [-0.3, -0.25) is 0 Å². The first-order chi connectivity index (χ1) is 15.1. The van der Waals surface area contributed by atoms with E-state index in [4.69, 9.17) is 9.47 Å². The fourth-order valence-electron chi connectivity index (χ4n) is 4.96. The van der Waals surface area contributed by atoms with Crippen LogP contribution in [-0.4, -0.2) is 42.7 Å². The molecule has 2 aromatic rings. The van der Waals surface area contributed by atoms with Gasteiger partial charge in [0.2, 0.25) is 0 Å². The first-order valence-corrected chi connectivity index (χ1v) is 11.4. The van der Waals surface area contributed by atoms with Gasteiger partial charge in [-0.05, 0) is 53.9 Å². The maximum atomic E-state index is 12.8. The predicted octanol–water partition coefficient (Wildman–Crippen LogP) is 4.87. The average molecular weight is 424 g/mol. The molecule has 31 heavy (non-hydrogen) atoms. The van der Waals surface area contributed by atoms with Crippen LogP contribution in [0.25, 0.3) is 11.1 Å². The average Bonchev–Trinajstić information content (AvgIpc) is 3.11. The third-order valence-corrected chi connectivity index (χ3v) is 6.41. The fourth-order valence-corrected chi connectivity index (χ4v) is 4.96.